The maximum absolute atomic E-state index is 13.8. The van der Waals surface area contributed by atoms with Crippen molar-refractivity contribution in [2.24, 2.45) is 0 Å². The Balaban J connectivity index is 2.05. The van der Waals surface area contributed by atoms with Crippen LogP contribution < -0.4 is 10.6 Å². The van der Waals surface area contributed by atoms with Gasteiger partial charge in [0.2, 0.25) is 0 Å². The van der Waals surface area contributed by atoms with E-state index in [0.29, 0.717) is 25.5 Å². The molecule has 0 fully saturated rings. The molecule has 0 radical (unpaired) electrons. The van der Waals surface area contributed by atoms with Crippen molar-refractivity contribution in [3.63, 3.8) is 0 Å². The van der Waals surface area contributed by atoms with Gasteiger partial charge in [-0.1, -0.05) is 102 Å². The zero-order chi connectivity index (χ0) is 21.8. The number of hydrogen-bond acceptors (Lipinski definition) is 3. The highest BCUT2D eigenvalue weighted by molar-refractivity contribution is 7.73. The molecule has 0 heterocycles. The molecule has 0 saturated heterocycles. The second kappa shape index (κ2) is 9.34. The standard InChI is InChI=1S/C24H36O3P2/c1-23(2,3)28(25,21-13-9-7-10-14-21)19-17-27-18-20-29(26,24(4,5)6)22-15-11-8-12-16-22/h7-16H,17-20H2,1-6H3/t28-,29-/m0/s1. The van der Waals surface area contributed by atoms with E-state index < -0.39 is 14.3 Å². The lowest BCUT2D eigenvalue weighted by atomic mass is 10.3. The fourth-order valence-electron chi connectivity index (χ4n) is 3.53. The van der Waals surface area contributed by atoms with Gasteiger partial charge in [-0.3, -0.25) is 0 Å². The summed E-state index contributed by atoms with van der Waals surface area (Å²) in [6.07, 6.45) is 0.983. The molecule has 2 atom stereocenters. The van der Waals surface area contributed by atoms with E-state index in [0.717, 1.165) is 10.6 Å². The molecule has 0 spiro atoms. The molecule has 0 bridgehead atoms. The highest BCUT2D eigenvalue weighted by Gasteiger charge is 2.39. The minimum atomic E-state index is -2.62. The van der Waals surface area contributed by atoms with E-state index in [1.807, 2.05) is 102 Å². The zero-order valence-corrected chi connectivity index (χ0v) is 20.5. The largest absolute Gasteiger partial charge is 0.380 e. The van der Waals surface area contributed by atoms with E-state index in [9.17, 15) is 9.13 Å². The van der Waals surface area contributed by atoms with Crippen LogP contribution in [0.2, 0.25) is 0 Å². The van der Waals surface area contributed by atoms with Crippen molar-refractivity contribution in [1.82, 2.24) is 0 Å². The molecule has 2 rings (SSSR count). The van der Waals surface area contributed by atoms with Gasteiger partial charge in [0.1, 0.15) is 14.3 Å². The Bertz CT molecular complexity index is 789. The van der Waals surface area contributed by atoms with Crippen molar-refractivity contribution in [3.8, 4) is 0 Å². The molecule has 3 nitrogen and oxygen atoms in total. The minimum Gasteiger partial charge on any atom is -0.380 e. The van der Waals surface area contributed by atoms with Gasteiger partial charge in [-0.15, -0.1) is 0 Å². The molecule has 0 aliphatic rings. The molecule has 2 aromatic carbocycles. The van der Waals surface area contributed by atoms with Crippen LogP contribution >= 0.6 is 14.3 Å². The van der Waals surface area contributed by atoms with Gasteiger partial charge < -0.3 is 13.9 Å². The average molecular weight is 434 g/mol. The third-order valence-corrected chi connectivity index (χ3v) is 13.8. The van der Waals surface area contributed by atoms with E-state index in [1.54, 1.807) is 0 Å². The maximum atomic E-state index is 13.8. The van der Waals surface area contributed by atoms with Gasteiger partial charge in [0.05, 0.1) is 13.2 Å². The van der Waals surface area contributed by atoms with Crippen molar-refractivity contribution < 1.29 is 13.9 Å². The van der Waals surface area contributed by atoms with Crippen LogP contribution in [0, 0.1) is 0 Å². The smallest absolute Gasteiger partial charge is 0.122 e. The zero-order valence-electron chi connectivity index (χ0n) is 18.7. The molecule has 29 heavy (non-hydrogen) atoms. The van der Waals surface area contributed by atoms with Crippen molar-refractivity contribution >= 4 is 24.9 Å². The topological polar surface area (TPSA) is 43.4 Å². The van der Waals surface area contributed by atoms with Gasteiger partial charge in [0.15, 0.2) is 0 Å². The van der Waals surface area contributed by atoms with Gasteiger partial charge in [0.25, 0.3) is 0 Å². The fraction of sp³-hybridized carbons (Fsp3) is 0.500. The summed E-state index contributed by atoms with van der Waals surface area (Å²) in [6, 6.07) is 19.5. The monoisotopic (exact) mass is 434 g/mol. The van der Waals surface area contributed by atoms with Crippen molar-refractivity contribution in [1.29, 1.82) is 0 Å². The SMILES string of the molecule is CC(C)(C)[P@](=O)(CCOCC[P@](=O)(c1ccccc1)C(C)(C)C)c1ccccc1. The molecule has 0 saturated carbocycles. The molecule has 0 aliphatic heterocycles. The second-order valence-electron chi connectivity index (χ2n) is 9.55. The lowest BCUT2D eigenvalue weighted by molar-refractivity contribution is 0.164. The summed E-state index contributed by atoms with van der Waals surface area (Å²) >= 11 is 0. The summed E-state index contributed by atoms with van der Waals surface area (Å²) in [6.45, 7) is 13.0. The Kier molecular flexibility index (Phi) is 7.77. The highest BCUT2D eigenvalue weighted by Crippen LogP contribution is 2.57. The normalized spacial score (nSPS) is 16.8. The summed E-state index contributed by atoms with van der Waals surface area (Å²) in [4.78, 5) is 0. The lowest BCUT2D eigenvalue weighted by Gasteiger charge is -2.33. The van der Waals surface area contributed by atoms with Crippen molar-refractivity contribution in [3.05, 3.63) is 60.7 Å². The van der Waals surface area contributed by atoms with Crippen LogP contribution in [-0.4, -0.2) is 35.8 Å². The molecule has 0 unspecified atom stereocenters. The highest BCUT2D eigenvalue weighted by atomic mass is 31.2. The predicted molar refractivity (Wildman–Crippen MR) is 127 cm³/mol. The average Bonchev–Trinajstić information content (AvgIpc) is 2.67. The second-order valence-corrected chi connectivity index (χ2v) is 17.1. The maximum Gasteiger partial charge on any atom is 0.122 e. The first-order valence-corrected chi connectivity index (χ1v) is 14.1. The molecule has 5 heteroatoms. The number of benzene rings is 2. The summed E-state index contributed by atoms with van der Waals surface area (Å²) < 4.78 is 33.6. The van der Waals surface area contributed by atoms with Crippen LogP contribution in [0.25, 0.3) is 0 Å². The Morgan fingerprint density at radius 2 is 0.931 bits per heavy atom. The van der Waals surface area contributed by atoms with E-state index in [-0.39, 0.29) is 10.3 Å². The van der Waals surface area contributed by atoms with Crippen molar-refractivity contribution in [2.75, 3.05) is 25.5 Å². The van der Waals surface area contributed by atoms with Crippen LogP contribution in [0.5, 0.6) is 0 Å². The quantitative estimate of drug-likeness (QED) is 0.379. The van der Waals surface area contributed by atoms with Gasteiger partial charge in [-0.2, -0.15) is 0 Å². The summed E-state index contributed by atoms with van der Waals surface area (Å²) in [5, 5.41) is 1.15. The Labute approximate surface area is 177 Å². The van der Waals surface area contributed by atoms with Crippen LogP contribution in [0.4, 0.5) is 0 Å². The van der Waals surface area contributed by atoms with E-state index in [1.165, 1.54) is 0 Å². The van der Waals surface area contributed by atoms with E-state index in [2.05, 4.69) is 0 Å². The molecule has 2 aromatic rings. The van der Waals surface area contributed by atoms with Crippen LogP contribution in [0.3, 0.4) is 0 Å². The Hall–Kier alpha value is -1.14. The number of hydrogen-bond donors (Lipinski definition) is 0. The predicted octanol–water partition coefficient (Wildman–Crippen LogP) is 5.98. The summed E-state index contributed by atoms with van der Waals surface area (Å²) in [5.41, 5.74) is 0. The van der Waals surface area contributed by atoms with Crippen LogP contribution in [0.15, 0.2) is 60.7 Å². The van der Waals surface area contributed by atoms with Crippen LogP contribution in [-0.2, 0) is 13.9 Å². The summed E-state index contributed by atoms with van der Waals surface area (Å²) in [5.74, 6) is 0. The molecule has 0 N–H and O–H groups in total. The Morgan fingerprint density at radius 3 is 1.21 bits per heavy atom. The first kappa shape index (κ1) is 24.1. The van der Waals surface area contributed by atoms with E-state index >= 15 is 0 Å². The first-order valence-electron chi connectivity index (χ1n) is 10.3. The number of rotatable bonds is 8. The van der Waals surface area contributed by atoms with E-state index in [4.69, 9.17) is 4.74 Å². The van der Waals surface area contributed by atoms with Crippen molar-refractivity contribution in [2.45, 2.75) is 51.9 Å². The van der Waals surface area contributed by atoms with Crippen LogP contribution in [0.1, 0.15) is 41.5 Å². The molecule has 0 amide bonds. The molecular weight excluding hydrogens is 398 g/mol. The fourth-order valence-corrected chi connectivity index (χ4v) is 9.02. The first-order chi connectivity index (χ1) is 13.4. The van der Waals surface area contributed by atoms with Gasteiger partial charge >= 0.3 is 0 Å². The van der Waals surface area contributed by atoms with Gasteiger partial charge in [-0.25, -0.2) is 0 Å². The molecular formula is C24H36O3P2. The van der Waals surface area contributed by atoms with Gasteiger partial charge in [0, 0.05) is 33.2 Å². The lowest BCUT2D eigenvalue weighted by Crippen LogP contribution is -2.28. The summed E-state index contributed by atoms with van der Waals surface area (Å²) in [7, 11) is -5.24. The van der Waals surface area contributed by atoms with Gasteiger partial charge in [-0.05, 0) is 0 Å². The number of ether oxygens (including phenoxy) is 1. The minimum absolute atomic E-state index is 0.331. The Morgan fingerprint density at radius 1 is 0.621 bits per heavy atom. The molecule has 0 aliphatic carbocycles. The molecule has 0 aromatic heterocycles. The molecule has 160 valence electrons. The third-order valence-electron chi connectivity index (χ3n) is 5.61. The third kappa shape index (κ3) is 5.52.